The number of hydrogen-bond donors (Lipinski definition) is 1. The van der Waals surface area contributed by atoms with E-state index in [-0.39, 0.29) is 18.2 Å². The first-order valence-corrected chi connectivity index (χ1v) is 7.54. The van der Waals surface area contributed by atoms with Crippen molar-refractivity contribution in [2.75, 3.05) is 0 Å². The molecule has 0 aliphatic carbocycles. The Morgan fingerprint density at radius 3 is 1.65 bits per heavy atom. The molecule has 0 saturated heterocycles. The lowest BCUT2D eigenvalue weighted by molar-refractivity contribution is -0.143. The van der Waals surface area contributed by atoms with Crippen LogP contribution in [0.1, 0.15) is 35.3 Å². The summed E-state index contributed by atoms with van der Waals surface area (Å²) in [5.41, 5.74) is -4.48. The van der Waals surface area contributed by atoms with Crippen molar-refractivity contribution in [1.82, 2.24) is 4.72 Å². The molecule has 23 heavy (non-hydrogen) atoms. The normalized spacial score (nSPS) is 13.3. The molecule has 1 aromatic rings. The second-order valence-corrected chi connectivity index (χ2v) is 7.06. The van der Waals surface area contributed by atoms with Crippen LogP contribution >= 0.6 is 0 Å². The highest BCUT2D eigenvalue weighted by Crippen LogP contribution is 2.36. The summed E-state index contributed by atoms with van der Waals surface area (Å²) < 4.78 is 100. The Kier molecular flexibility index (Phi) is 5.04. The van der Waals surface area contributed by atoms with Gasteiger partial charge in [-0.15, -0.1) is 0 Å². The molecule has 0 heterocycles. The molecule has 130 valence electrons. The Morgan fingerprint density at radius 1 is 0.957 bits per heavy atom. The van der Waals surface area contributed by atoms with Gasteiger partial charge in [0, 0.05) is 5.56 Å². The van der Waals surface area contributed by atoms with E-state index in [9.17, 15) is 39.6 Å². The molecule has 1 rings (SSSR count). The van der Waals surface area contributed by atoms with Crippen LogP contribution in [0, 0.1) is 0 Å². The highest BCUT2D eigenvalue weighted by molar-refractivity contribution is 7.90. The van der Waals surface area contributed by atoms with Gasteiger partial charge in [0.2, 0.25) is 10.0 Å². The second-order valence-electron chi connectivity index (χ2n) is 4.82. The molecule has 1 amide bonds. The predicted molar refractivity (Wildman–Crippen MR) is 68.0 cm³/mol. The van der Waals surface area contributed by atoms with Crippen LogP contribution in [0.4, 0.5) is 26.3 Å². The van der Waals surface area contributed by atoms with E-state index >= 15 is 0 Å². The van der Waals surface area contributed by atoms with Crippen LogP contribution in [-0.4, -0.2) is 19.6 Å². The van der Waals surface area contributed by atoms with E-state index < -0.39 is 50.2 Å². The Hall–Kier alpha value is -1.78. The number of hydrogen-bond acceptors (Lipinski definition) is 3. The lowest BCUT2D eigenvalue weighted by Crippen LogP contribution is -2.36. The lowest BCUT2D eigenvalue weighted by Gasteiger charge is -2.15. The molecule has 1 N–H and O–H groups in total. The van der Waals surface area contributed by atoms with Gasteiger partial charge >= 0.3 is 12.4 Å². The second kappa shape index (κ2) is 6.02. The van der Waals surface area contributed by atoms with Gasteiger partial charge in [0.15, 0.2) is 0 Å². The Bertz CT molecular complexity index is 674. The number of halogens is 6. The number of carbonyl (C=O) groups excluding carboxylic acids is 1. The number of carbonyl (C=O) groups is 1. The molecule has 0 spiro atoms. The standard InChI is InChI=1S/C12H11F6NO3S/c1-6(2)23(21,22)19-10(20)7-3-8(11(13,14)15)5-9(4-7)12(16,17)18/h3-6H,1-2H3,(H,19,20). The van der Waals surface area contributed by atoms with Gasteiger partial charge in [-0.25, -0.2) is 13.1 Å². The molecule has 0 bridgehead atoms. The first-order valence-electron chi connectivity index (χ1n) is 6.00. The zero-order chi connectivity index (χ0) is 18.2. The number of sulfonamides is 1. The fraction of sp³-hybridized carbons (Fsp3) is 0.417. The topological polar surface area (TPSA) is 63.2 Å². The highest BCUT2D eigenvalue weighted by atomic mass is 32.2. The summed E-state index contributed by atoms with van der Waals surface area (Å²) in [6.07, 6.45) is -10.3. The molecule has 0 aliphatic rings. The monoisotopic (exact) mass is 363 g/mol. The van der Waals surface area contributed by atoms with E-state index in [4.69, 9.17) is 0 Å². The Labute approximate surface area is 127 Å². The van der Waals surface area contributed by atoms with E-state index in [1.165, 1.54) is 18.6 Å². The maximum atomic E-state index is 12.6. The van der Waals surface area contributed by atoms with E-state index in [0.29, 0.717) is 0 Å². The molecule has 0 fully saturated rings. The third kappa shape index (κ3) is 4.85. The van der Waals surface area contributed by atoms with E-state index in [1.807, 2.05) is 0 Å². The van der Waals surface area contributed by atoms with Crippen molar-refractivity contribution >= 4 is 15.9 Å². The summed E-state index contributed by atoms with van der Waals surface area (Å²) in [7, 11) is -4.20. The summed E-state index contributed by atoms with van der Waals surface area (Å²) in [6, 6.07) is 0.147. The third-order valence-corrected chi connectivity index (χ3v) is 4.42. The smallest absolute Gasteiger partial charge is 0.268 e. The Morgan fingerprint density at radius 2 is 1.35 bits per heavy atom. The van der Waals surface area contributed by atoms with Crippen molar-refractivity contribution in [3.8, 4) is 0 Å². The SMILES string of the molecule is CC(C)S(=O)(=O)NC(=O)c1cc(C(F)(F)F)cc(C(F)(F)F)c1. The molecule has 0 aromatic heterocycles. The van der Waals surface area contributed by atoms with Crippen molar-refractivity contribution in [2.24, 2.45) is 0 Å². The van der Waals surface area contributed by atoms with Crippen molar-refractivity contribution in [3.05, 3.63) is 34.9 Å². The largest absolute Gasteiger partial charge is 0.416 e. The summed E-state index contributed by atoms with van der Waals surface area (Å²) in [5.74, 6) is -1.57. The summed E-state index contributed by atoms with van der Waals surface area (Å²) in [6.45, 7) is 2.37. The van der Waals surface area contributed by atoms with Crippen LogP contribution in [-0.2, 0) is 22.4 Å². The van der Waals surface area contributed by atoms with Gasteiger partial charge in [-0.2, -0.15) is 26.3 Å². The average Bonchev–Trinajstić information content (AvgIpc) is 2.35. The number of rotatable bonds is 3. The minimum Gasteiger partial charge on any atom is -0.268 e. The first kappa shape index (κ1) is 19.3. The average molecular weight is 363 g/mol. The molecule has 1 aromatic carbocycles. The molecule has 0 saturated carbocycles. The van der Waals surface area contributed by atoms with E-state index in [2.05, 4.69) is 0 Å². The summed E-state index contributed by atoms with van der Waals surface area (Å²) in [5, 5.41) is -1.10. The lowest BCUT2D eigenvalue weighted by atomic mass is 10.0. The summed E-state index contributed by atoms with van der Waals surface area (Å²) >= 11 is 0. The zero-order valence-electron chi connectivity index (χ0n) is 11.7. The van der Waals surface area contributed by atoms with Crippen LogP contribution in [0.25, 0.3) is 0 Å². The van der Waals surface area contributed by atoms with Gasteiger partial charge in [0.25, 0.3) is 5.91 Å². The molecule has 0 aliphatic heterocycles. The van der Waals surface area contributed by atoms with Gasteiger partial charge in [-0.3, -0.25) is 4.79 Å². The number of alkyl halides is 6. The molecule has 11 heteroatoms. The Balaban J connectivity index is 3.39. The van der Waals surface area contributed by atoms with Gasteiger partial charge in [-0.05, 0) is 32.0 Å². The van der Waals surface area contributed by atoms with Crippen molar-refractivity contribution in [1.29, 1.82) is 0 Å². The van der Waals surface area contributed by atoms with E-state index in [1.54, 1.807) is 0 Å². The van der Waals surface area contributed by atoms with Gasteiger partial charge in [0.05, 0.1) is 16.4 Å². The summed E-state index contributed by atoms with van der Waals surface area (Å²) in [4.78, 5) is 11.7. The molecule has 4 nitrogen and oxygen atoms in total. The van der Waals surface area contributed by atoms with Crippen LogP contribution < -0.4 is 4.72 Å². The minimum atomic E-state index is -5.13. The quantitative estimate of drug-likeness (QED) is 0.839. The fourth-order valence-electron chi connectivity index (χ4n) is 1.39. The molecule has 0 unspecified atom stereocenters. The van der Waals surface area contributed by atoms with Crippen LogP contribution in [0.5, 0.6) is 0 Å². The third-order valence-electron chi connectivity index (χ3n) is 2.71. The predicted octanol–water partition coefficient (Wildman–Crippen LogP) is 3.19. The highest BCUT2D eigenvalue weighted by Gasteiger charge is 2.37. The molecule has 0 atom stereocenters. The van der Waals surface area contributed by atoms with Crippen LogP contribution in [0.3, 0.4) is 0 Å². The molecule has 0 radical (unpaired) electrons. The first-order chi connectivity index (χ1) is 10.1. The van der Waals surface area contributed by atoms with Crippen molar-refractivity contribution in [3.63, 3.8) is 0 Å². The van der Waals surface area contributed by atoms with Gasteiger partial charge in [-0.1, -0.05) is 0 Å². The molecular weight excluding hydrogens is 352 g/mol. The van der Waals surface area contributed by atoms with Gasteiger partial charge < -0.3 is 0 Å². The zero-order valence-corrected chi connectivity index (χ0v) is 12.5. The molecular formula is C12H11F6NO3S. The maximum Gasteiger partial charge on any atom is 0.416 e. The number of amides is 1. The van der Waals surface area contributed by atoms with E-state index in [0.717, 1.165) is 0 Å². The van der Waals surface area contributed by atoms with Crippen molar-refractivity contribution < 1.29 is 39.6 Å². The fourth-order valence-corrected chi connectivity index (χ4v) is 2.00. The van der Waals surface area contributed by atoms with Gasteiger partial charge in [0.1, 0.15) is 0 Å². The van der Waals surface area contributed by atoms with Crippen LogP contribution in [0.15, 0.2) is 18.2 Å². The van der Waals surface area contributed by atoms with Crippen LogP contribution in [0.2, 0.25) is 0 Å². The number of benzene rings is 1. The maximum absolute atomic E-state index is 12.6. The van der Waals surface area contributed by atoms with Crippen molar-refractivity contribution in [2.45, 2.75) is 31.5 Å². The minimum absolute atomic E-state index is 0.153. The number of nitrogens with one attached hydrogen (secondary N) is 1.